The summed E-state index contributed by atoms with van der Waals surface area (Å²) in [6.07, 6.45) is 2.48. The molecule has 1 saturated heterocycles. The summed E-state index contributed by atoms with van der Waals surface area (Å²) in [4.78, 5) is 13.8. The molecule has 35 heavy (non-hydrogen) atoms. The Morgan fingerprint density at radius 3 is 2.37 bits per heavy atom. The maximum absolute atomic E-state index is 13.1. The number of anilines is 1. The van der Waals surface area contributed by atoms with E-state index in [1.54, 1.807) is 42.5 Å². The van der Waals surface area contributed by atoms with Gasteiger partial charge in [0.1, 0.15) is 5.75 Å². The van der Waals surface area contributed by atoms with Crippen LogP contribution in [0.1, 0.15) is 18.7 Å². The Hall–Kier alpha value is -2.74. The lowest BCUT2D eigenvalue weighted by Crippen LogP contribution is -2.41. The number of nitrogens with zero attached hydrogens (tertiary/aromatic N) is 3. The monoisotopic (exact) mass is 536 g/mol. The molecule has 0 radical (unpaired) electrons. The molecule has 2 aromatic carbocycles. The molecule has 1 aliphatic heterocycles. The van der Waals surface area contributed by atoms with Crippen molar-refractivity contribution in [2.75, 3.05) is 24.7 Å². The molecule has 2 heterocycles. The van der Waals surface area contributed by atoms with Gasteiger partial charge in [0.15, 0.2) is 9.84 Å². The summed E-state index contributed by atoms with van der Waals surface area (Å²) in [5.74, 6) is -1.46. The molecule has 1 fully saturated rings. The summed E-state index contributed by atoms with van der Waals surface area (Å²) >= 11 is 1.37. The molecule has 3 aromatic rings. The topological polar surface area (TPSA) is 140 Å². The second-order valence-electron chi connectivity index (χ2n) is 7.89. The van der Waals surface area contributed by atoms with Crippen LogP contribution in [0.15, 0.2) is 73.7 Å². The number of carbonyl (C=O) groups is 1. The molecule has 1 amide bonds. The van der Waals surface area contributed by atoms with Crippen molar-refractivity contribution < 1.29 is 26.0 Å². The summed E-state index contributed by atoms with van der Waals surface area (Å²) < 4.78 is 57.8. The lowest BCUT2D eigenvalue weighted by Gasteiger charge is -2.30. The van der Waals surface area contributed by atoms with E-state index in [1.807, 2.05) is 6.26 Å². The fourth-order valence-electron chi connectivity index (χ4n) is 3.77. The summed E-state index contributed by atoms with van der Waals surface area (Å²) in [6, 6.07) is 14.5. The van der Waals surface area contributed by atoms with E-state index in [1.165, 1.54) is 28.2 Å². The average molecular weight is 537 g/mol. The Morgan fingerprint density at radius 2 is 1.69 bits per heavy atom. The smallest absolute Gasteiger partial charge is 0.322 e. The van der Waals surface area contributed by atoms with Gasteiger partial charge in [-0.15, -0.1) is 16.9 Å². The van der Waals surface area contributed by atoms with Gasteiger partial charge in [0.2, 0.25) is 21.8 Å². The molecule has 1 aliphatic rings. The van der Waals surface area contributed by atoms with Crippen LogP contribution in [0.3, 0.4) is 0 Å². The summed E-state index contributed by atoms with van der Waals surface area (Å²) in [5, 5.41) is 9.96. The van der Waals surface area contributed by atoms with Crippen LogP contribution in [0, 0.1) is 5.92 Å². The van der Waals surface area contributed by atoms with Gasteiger partial charge in [-0.2, -0.15) is 4.31 Å². The molecule has 10 nitrogen and oxygen atoms in total. The highest BCUT2D eigenvalue weighted by molar-refractivity contribution is 7.99. The molecule has 1 aromatic heterocycles. The van der Waals surface area contributed by atoms with E-state index in [9.17, 15) is 21.6 Å². The van der Waals surface area contributed by atoms with Gasteiger partial charge in [0.25, 0.3) is 0 Å². The number of benzene rings is 2. The maximum atomic E-state index is 13.1. The van der Waals surface area contributed by atoms with E-state index < -0.39 is 31.5 Å². The van der Waals surface area contributed by atoms with Crippen LogP contribution >= 0.6 is 11.8 Å². The highest BCUT2D eigenvalue weighted by Gasteiger charge is 2.33. The van der Waals surface area contributed by atoms with Crippen LogP contribution in [0.25, 0.3) is 0 Å². The van der Waals surface area contributed by atoms with Crippen molar-refractivity contribution in [1.82, 2.24) is 14.5 Å². The molecule has 0 unspecified atom stereocenters. The van der Waals surface area contributed by atoms with Crippen LogP contribution in [0.2, 0.25) is 0 Å². The normalized spacial score (nSPS) is 15.7. The van der Waals surface area contributed by atoms with Gasteiger partial charge in [-0.3, -0.25) is 10.1 Å². The molecular formula is C22H24N4O6S3. The lowest BCUT2D eigenvalue weighted by molar-refractivity contribution is -0.121. The van der Waals surface area contributed by atoms with Gasteiger partial charge >= 0.3 is 6.01 Å². The zero-order valence-corrected chi connectivity index (χ0v) is 21.3. The third-order valence-corrected chi connectivity index (χ3v) is 10.1. The van der Waals surface area contributed by atoms with E-state index in [4.69, 9.17) is 4.42 Å². The molecular weight excluding hydrogens is 512 g/mol. The molecule has 1 N–H and O–H groups in total. The van der Waals surface area contributed by atoms with Gasteiger partial charge in [-0.05, 0) is 43.4 Å². The largest absolute Gasteiger partial charge is 0.407 e. The summed E-state index contributed by atoms with van der Waals surface area (Å²) in [5.41, 5.74) is 0. The second kappa shape index (κ2) is 10.5. The highest BCUT2D eigenvalue weighted by Crippen LogP contribution is 2.30. The van der Waals surface area contributed by atoms with Gasteiger partial charge < -0.3 is 4.42 Å². The number of hydrogen-bond donors (Lipinski definition) is 1. The van der Waals surface area contributed by atoms with Crippen LogP contribution in [-0.4, -0.2) is 56.6 Å². The number of carbonyl (C=O) groups excluding carboxylic acids is 1. The average Bonchev–Trinajstić information content (AvgIpc) is 3.30. The fraction of sp³-hybridized carbons (Fsp3) is 0.318. The third kappa shape index (κ3) is 5.74. The number of rotatable bonds is 8. The predicted octanol–water partition coefficient (Wildman–Crippen LogP) is 2.80. The number of aromatic nitrogens is 2. The first-order valence-electron chi connectivity index (χ1n) is 10.7. The molecule has 13 heteroatoms. The van der Waals surface area contributed by atoms with E-state index in [-0.39, 0.29) is 40.7 Å². The number of hydrogen-bond acceptors (Lipinski definition) is 9. The van der Waals surface area contributed by atoms with Crippen LogP contribution in [0.5, 0.6) is 0 Å². The number of piperidine rings is 1. The standard InChI is InChI=1S/C22H24N4O6S3/c1-33-18-9-5-6-10-19(18)35(30,31)26-13-11-16(12-14-26)21(27)23-22-25-24-20(32-22)15-34(28,29)17-7-3-2-4-8-17/h2-10,16H,11-15H2,1H3,(H,23,25,27). The van der Waals surface area contributed by atoms with Crippen LogP contribution in [0.4, 0.5) is 6.01 Å². The van der Waals surface area contributed by atoms with E-state index in [2.05, 4.69) is 15.5 Å². The highest BCUT2D eigenvalue weighted by atomic mass is 32.2. The molecule has 186 valence electrons. The number of sulfonamides is 1. The molecule has 0 atom stereocenters. The van der Waals surface area contributed by atoms with Crippen LogP contribution in [-0.2, 0) is 30.4 Å². The van der Waals surface area contributed by atoms with Crippen molar-refractivity contribution in [3.8, 4) is 0 Å². The number of sulfone groups is 1. The molecule has 0 spiro atoms. The molecule has 4 rings (SSSR count). The fourth-order valence-corrected chi connectivity index (χ4v) is 7.55. The van der Waals surface area contributed by atoms with Crippen molar-refractivity contribution in [3.63, 3.8) is 0 Å². The van der Waals surface area contributed by atoms with E-state index >= 15 is 0 Å². The van der Waals surface area contributed by atoms with Crippen LogP contribution < -0.4 is 5.32 Å². The minimum absolute atomic E-state index is 0.130. The Balaban J connectivity index is 1.35. The van der Waals surface area contributed by atoms with Gasteiger partial charge in [0, 0.05) is 23.9 Å². The minimum Gasteiger partial charge on any atom is -0.407 e. The Kier molecular flexibility index (Phi) is 7.59. The van der Waals surface area contributed by atoms with E-state index in [0.29, 0.717) is 17.7 Å². The summed E-state index contributed by atoms with van der Waals surface area (Å²) in [6.45, 7) is 0.404. The quantitative estimate of drug-likeness (QED) is 0.430. The Morgan fingerprint density at radius 1 is 1.03 bits per heavy atom. The van der Waals surface area contributed by atoms with Crippen molar-refractivity contribution in [1.29, 1.82) is 0 Å². The Bertz CT molecular complexity index is 1400. The van der Waals surface area contributed by atoms with Crippen molar-refractivity contribution >= 4 is 43.5 Å². The van der Waals surface area contributed by atoms with Crippen molar-refractivity contribution in [2.45, 2.75) is 33.3 Å². The first-order valence-corrected chi connectivity index (χ1v) is 15.1. The zero-order valence-electron chi connectivity index (χ0n) is 18.8. The number of nitrogens with one attached hydrogen (secondary N) is 1. The van der Waals surface area contributed by atoms with Crippen molar-refractivity contribution in [3.05, 3.63) is 60.5 Å². The van der Waals surface area contributed by atoms with Gasteiger partial charge in [-0.25, -0.2) is 16.8 Å². The maximum Gasteiger partial charge on any atom is 0.322 e. The second-order valence-corrected chi connectivity index (χ2v) is 12.6. The minimum atomic E-state index is -3.67. The summed E-state index contributed by atoms with van der Waals surface area (Å²) in [7, 11) is -7.34. The zero-order chi connectivity index (χ0) is 25.1. The van der Waals surface area contributed by atoms with E-state index in [0.717, 1.165) is 0 Å². The Labute approximate surface area is 208 Å². The van der Waals surface area contributed by atoms with Crippen molar-refractivity contribution in [2.24, 2.45) is 5.92 Å². The van der Waals surface area contributed by atoms with Gasteiger partial charge in [-0.1, -0.05) is 35.4 Å². The predicted molar refractivity (Wildman–Crippen MR) is 130 cm³/mol. The molecule has 0 bridgehead atoms. The first-order chi connectivity index (χ1) is 16.7. The SMILES string of the molecule is CSc1ccccc1S(=O)(=O)N1CCC(C(=O)Nc2nnc(CS(=O)(=O)c3ccccc3)o2)CC1. The van der Waals surface area contributed by atoms with Gasteiger partial charge in [0.05, 0.1) is 9.79 Å². The number of amides is 1. The number of thioether (sulfide) groups is 1. The third-order valence-electron chi connectivity index (χ3n) is 5.62. The molecule has 0 saturated carbocycles. The first kappa shape index (κ1) is 25.4. The lowest BCUT2D eigenvalue weighted by atomic mass is 9.97. The molecule has 0 aliphatic carbocycles.